The second-order valence-electron chi connectivity index (χ2n) is 8.82. The normalized spacial score (nSPS) is 10.2. The lowest BCUT2D eigenvalue weighted by Crippen LogP contribution is -3.00. The van der Waals surface area contributed by atoms with Crippen LogP contribution in [0.15, 0.2) is 24.8 Å². The zero-order valence-electron chi connectivity index (χ0n) is 21.1. The summed E-state index contributed by atoms with van der Waals surface area (Å²) >= 11 is 0. The summed E-state index contributed by atoms with van der Waals surface area (Å²) < 4.78 is 8.99. The van der Waals surface area contributed by atoms with Gasteiger partial charge in [0.1, 0.15) is 37.9 Å². The van der Waals surface area contributed by atoms with Crippen molar-refractivity contribution in [2.45, 2.75) is 117 Å². The highest BCUT2D eigenvalue weighted by molar-refractivity contribution is 4.81. The average Bonchev–Trinajstić information content (AvgIpc) is 3.33. The molecule has 2 aromatic heterocycles. The largest absolute Gasteiger partial charge is 1.00 e. The molecule has 8 heteroatoms. The monoisotopic (exact) mass is 596 g/mol. The Morgan fingerprint density at radius 2 is 0.941 bits per heavy atom. The fourth-order valence-corrected chi connectivity index (χ4v) is 4.35. The topological polar surface area (TPSA) is 65.2 Å². The number of unbranched alkanes of at least 4 members (excludes halogenated alkanes) is 9. The number of hydrogen-bond acceptors (Lipinski definition) is 2. The molecule has 0 fully saturated rings. The first-order chi connectivity index (χ1) is 15.7. The third-order valence-electron chi connectivity index (χ3n) is 6.49. The average molecular weight is 598 g/mol. The maximum Gasteiger partial charge on any atom is 0.253 e. The summed E-state index contributed by atoms with van der Waals surface area (Å²) in [5.41, 5.74) is 0. The number of aromatic nitrogens is 4. The molecule has 0 aliphatic heterocycles. The van der Waals surface area contributed by atoms with Crippen molar-refractivity contribution in [3.05, 3.63) is 36.4 Å². The number of halogens is 2. The molecule has 0 aliphatic carbocycles. The van der Waals surface area contributed by atoms with E-state index in [1.54, 1.807) is 0 Å². The molecule has 2 heterocycles. The Hall–Kier alpha value is -1.64. The Balaban J connectivity index is 0.00000544. The standard InChI is InChI=1S/C26H42N6.2BrH/c1-25-29(21-23-31(25)19-13-15-27)17-11-9-7-5-3-4-6-8-10-12-18-30-22-24-32(26(30)2)20-14-16-28;;/h21-24H,3-14,17-20H2,1-2H3;2*1H/q+2;;/p-2. The number of rotatable bonds is 17. The smallest absolute Gasteiger partial charge is 0.253 e. The number of nitriles is 2. The van der Waals surface area contributed by atoms with E-state index < -0.39 is 0 Å². The summed E-state index contributed by atoms with van der Waals surface area (Å²) in [6, 6.07) is 4.44. The van der Waals surface area contributed by atoms with E-state index in [1.807, 2.05) is 0 Å². The Bertz CT molecular complexity index is 803. The van der Waals surface area contributed by atoms with Crippen molar-refractivity contribution < 1.29 is 43.1 Å². The van der Waals surface area contributed by atoms with E-state index in [0.717, 1.165) is 26.2 Å². The molecule has 0 aliphatic rings. The van der Waals surface area contributed by atoms with Crippen LogP contribution in [-0.2, 0) is 26.2 Å². The molecule has 0 amide bonds. The number of aryl methyl sites for hydroxylation is 4. The summed E-state index contributed by atoms with van der Waals surface area (Å²) in [5.74, 6) is 2.51. The van der Waals surface area contributed by atoms with Gasteiger partial charge in [-0.2, -0.15) is 10.5 Å². The van der Waals surface area contributed by atoms with Crippen molar-refractivity contribution in [3.63, 3.8) is 0 Å². The van der Waals surface area contributed by atoms with Crippen molar-refractivity contribution in [1.82, 2.24) is 9.13 Å². The van der Waals surface area contributed by atoms with E-state index in [-0.39, 0.29) is 34.0 Å². The quantitative estimate of drug-likeness (QED) is 0.172. The maximum atomic E-state index is 8.74. The number of nitrogens with zero attached hydrogens (tertiary/aromatic N) is 6. The van der Waals surface area contributed by atoms with E-state index in [0.29, 0.717) is 12.8 Å². The van der Waals surface area contributed by atoms with Crippen LogP contribution in [0, 0.1) is 36.5 Å². The number of hydrogen-bond donors (Lipinski definition) is 0. The molecule has 0 aromatic carbocycles. The zero-order chi connectivity index (χ0) is 23.0. The van der Waals surface area contributed by atoms with Crippen molar-refractivity contribution in [2.24, 2.45) is 0 Å². The maximum absolute atomic E-state index is 8.74. The van der Waals surface area contributed by atoms with Gasteiger partial charge < -0.3 is 34.0 Å². The van der Waals surface area contributed by atoms with E-state index in [2.05, 4.69) is 69.0 Å². The van der Waals surface area contributed by atoms with Crippen LogP contribution < -0.4 is 43.1 Å². The van der Waals surface area contributed by atoms with Gasteiger partial charge in [-0.15, -0.1) is 0 Å². The second kappa shape index (κ2) is 19.6. The predicted molar refractivity (Wildman–Crippen MR) is 125 cm³/mol. The molecule has 0 spiro atoms. The van der Waals surface area contributed by atoms with Crippen LogP contribution in [0.3, 0.4) is 0 Å². The van der Waals surface area contributed by atoms with Gasteiger partial charge in [-0.3, -0.25) is 0 Å². The van der Waals surface area contributed by atoms with Gasteiger partial charge in [-0.25, -0.2) is 18.3 Å². The summed E-state index contributed by atoms with van der Waals surface area (Å²) in [7, 11) is 0. The summed E-state index contributed by atoms with van der Waals surface area (Å²) in [6.07, 6.45) is 22.9. The summed E-state index contributed by atoms with van der Waals surface area (Å²) in [6.45, 7) is 8.05. The minimum Gasteiger partial charge on any atom is -1.00 e. The van der Waals surface area contributed by atoms with E-state index >= 15 is 0 Å². The lowest BCUT2D eigenvalue weighted by Gasteiger charge is -2.03. The van der Waals surface area contributed by atoms with Gasteiger partial charge in [-0.05, 0) is 25.7 Å². The second-order valence-corrected chi connectivity index (χ2v) is 8.82. The van der Waals surface area contributed by atoms with E-state index in [1.165, 1.54) is 75.9 Å². The molecule has 0 N–H and O–H groups in total. The van der Waals surface area contributed by atoms with Crippen LogP contribution in [0.1, 0.15) is 88.7 Å². The predicted octanol–water partition coefficient (Wildman–Crippen LogP) is -1.08. The SMILES string of the molecule is Cc1n(CCCCCCCCCCCCn2cc[n+](CCC#N)c2C)cc[n+]1CCC#N.[Br-].[Br-]. The Morgan fingerprint density at radius 3 is 1.26 bits per heavy atom. The molecular formula is C26H42Br2N6. The third-order valence-corrected chi connectivity index (χ3v) is 6.49. The summed E-state index contributed by atoms with van der Waals surface area (Å²) in [4.78, 5) is 0. The van der Waals surface area contributed by atoms with Crippen LogP contribution >= 0.6 is 0 Å². The van der Waals surface area contributed by atoms with Gasteiger partial charge in [0.15, 0.2) is 0 Å². The highest BCUT2D eigenvalue weighted by Gasteiger charge is 2.12. The first-order valence-corrected chi connectivity index (χ1v) is 12.5. The van der Waals surface area contributed by atoms with Gasteiger partial charge in [0.25, 0.3) is 11.6 Å². The molecule has 0 atom stereocenters. The lowest BCUT2D eigenvalue weighted by atomic mass is 10.1. The summed E-state index contributed by atoms with van der Waals surface area (Å²) in [5, 5.41) is 17.5. The fourth-order valence-electron chi connectivity index (χ4n) is 4.35. The molecule has 0 bridgehead atoms. The molecule has 0 saturated carbocycles. The first-order valence-electron chi connectivity index (χ1n) is 12.5. The van der Waals surface area contributed by atoms with Gasteiger partial charge in [0.2, 0.25) is 0 Å². The first kappa shape index (κ1) is 32.4. The van der Waals surface area contributed by atoms with Crippen molar-refractivity contribution >= 4 is 0 Å². The van der Waals surface area contributed by atoms with Gasteiger partial charge in [0.05, 0.1) is 38.1 Å². The van der Waals surface area contributed by atoms with Crippen molar-refractivity contribution in [2.75, 3.05) is 0 Å². The molecule has 6 nitrogen and oxygen atoms in total. The molecular weight excluding hydrogens is 556 g/mol. The van der Waals surface area contributed by atoms with Crippen molar-refractivity contribution in [3.8, 4) is 12.1 Å². The molecule has 0 saturated heterocycles. The Morgan fingerprint density at radius 1 is 0.618 bits per heavy atom. The van der Waals surface area contributed by atoms with Crippen LogP contribution in [-0.4, -0.2) is 9.13 Å². The molecule has 0 unspecified atom stereocenters. The van der Waals surface area contributed by atoms with Crippen LogP contribution in [0.2, 0.25) is 0 Å². The highest BCUT2D eigenvalue weighted by Crippen LogP contribution is 2.12. The highest BCUT2D eigenvalue weighted by atomic mass is 79.9. The van der Waals surface area contributed by atoms with Crippen molar-refractivity contribution in [1.29, 1.82) is 10.5 Å². The zero-order valence-corrected chi connectivity index (χ0v) is 24.2. The van der Waals surface area contributed by atoms with Gasteiger partial charge in [0, 0.05) is 13.8 Å². The van der Waals surface area contributed by atoms with E-state index in [4.69, 9.17) is 10.5 Å². The molecule has 34 heavy (non-hydrogen) atoms. The van der Waals surface area contributed by atoms with Gasteiger partial charge >= 0.3 is 0 Å². The molecule has 2 rings (SSSR count). The van der Waals surface area contributed by atoms with Crippen LogP contribution in [0.4, 0.5) is 0 Å². The van der Waals surface area contributed by atoms with Crippen LogP contribution in [0.25, 0.3) is 0 Å². The lowest BCUT2D eigenvalue weighted by molar-refractivity contribution is -0.701. The van der Waals surface area contributed by atoms with Crippen LogP contribution in [0.5, 0.6) is 0 Å². The Kier molecular flexibility index (Phi) is 18.7. The fraction of sp³-hybridized carbons (Fsp3) is 0.692. The van der Waals surface area contributed by atoms with E-state index in [9.17, 15) is 0 Å². The third kappa shape index (κ3) is 11.7. The Labute approximate surface area is 227 Å². The minimum absolute atomic E-state index is 0. The molecule has 2 aromatic rings. The number of imidazole rings is 2. The molecule has 0 radical (unpaired) electrons. The molecule has 190 valence electrons. The minimum atomic E-state index is 0. The van der Waals surface area contributed by atoms with Gasteiger partial charge in [-0.1, -0.05) is 38.5 Å².